The first kappa shape index (κ1) is 17.2. The van der Waals surface area contributed by atoms with Crippen LogP contribution < -0.4 is 11.3 Å². The summed E-state index contributed by atoms with van der Waals surface area (Å²) in [6.07, 6.45) is 1.66. The molecule has 4 rings (SSSR count). The van der Waals surface area contributed by atoms with Gasteiger partial charge in [0.1, 0.15) is 5.56 Å². The molecule has 0 radical (unpaired) electrons. The van der Waals surface area contributed by atoms with E-state index in [1.54, 1.807) is 30.5 Å². The number of nitrogen functional groups attached to an aromatic ring is 1. The Morgan fingerprint density at radius 2 is 1.96 bits per heavy atom. The average molecular weight is 424 g/mol. The summed E-state index contributed by atoms with van der Waals surface area (Å²) in [7, 11) is 1.22. The van der Waals surface area contributed by atoms with E-state index in [0.717, 1.165) is 9.86 Å². The number of hydrogen-bond donors (Lipinski definition) is 1. The minimum atomic E-state index is -0.774. The van der Waals surface area contributed by atoms with Gasteiger partial charge in [-0.05, 0) is 30.3 Å². The maximum atomic E-state index is 13.3. The normalized spacial score (nSPS) is 11.0. The number of halogens is 1. The quantitative estimate of drug-likeness (QED) is 0.497. The molecule has 2 N–H and O–H groups in total. The van der Waals surface area contributed by atoms with E-state index in [4.69, 9.17) is 10.5 Å². The van der Waals surface area contributed by atoms with Crippen molar-refractivity contribution < 1.29 is 9.53 Å². The van der Waals surface area contributed by atoms with E-state index in [1.807, 2.05) is 24.3 Å². The molecule has 0 bridgehead atoms. The van der Waals surface area contributed by atoms with Gasteiger partial charge in [-0.15, -0.1) is 0 Å². The van der Waals surface area contributed by atoms with Crippen LogP contribution in [0.2, 0.25) is 0 Å². The van der Waals surface area contributed by atoms with Gasteiger partial charge in [0.05, 0.1) is 29.5 Å². The van der Waals surface area contributed by atoms with Crippen LogP contribution >= 0.6 is 15.9 Å². The summed E-state index contributed by atoms with van der Waals surface area (Å²) in [6, 6.07) is 14.6. The number of carbonyl (C=O) groups excluding carboxylic acids is 1. The number of fused-ring (bicyclic) bond motifs is 2. The number of hydrogen-bond acceptors (Lipinski definition) is 5. The smallest absolute Gasteiger partial charge is 0.345 e. The summed E-state index contributed by atoms with van der Waals surface area (Å²) >= 11 is 3.44. The second-order valence-corrected chi connectivity index (χ2v) is 6.85. The summed E-state index contributed by atoms with van der Waals surface area (Å²) in [6.45, 7) is 0. The maximum Gasteiger partial charge on any atom is 0.345 e. The molecule has 2 aromatic carbocycles. The summed E-state index contributed by atoms with van der Waals surface area (Å²) in [4.78, 5) is 30.0. The van der Waals surface area contributed by atoms with Crippen LogP contribution in [0, 0.1) is 0 Å². The molecule has 2 aromatic heterocycles. The number of benzene rings is 2. The summed E-state index contributed by atoms with van der Waals surface area (Å²) in [5.74, 6) is -0.774. The van der Waals surface area contributed by atoms with Crippen LogP contribution in [-0.2, 0) is 4.74 Å². The maximum absolute atomic E-state index is 13.3. The number of ether oxygens (including phenoxy) is 1. The van der Waals surface area contributed by atoms with Crippen molar-refractivity contribution >= 4 is 49.4 Å². The molecule has 2 heterocycles. The average Bonchev–Trinajstić information content (AvgIpc) is 2.68. The molecule has 27 heavy (non-hydrogen) atoms. The zero-order chi connectivity index (χ0) is 19.1. The number of methoxy groups -OCH3 is 1. The molecule has 4 aromatic rings. The van der Waals surface area contributed by atoms with E-state index >= 15 is 0 Å². The van der Waals surface area contributed by atoms with E-state index in [-0.39, 0.29) is 11.3 Å². The third-order valence-corrected chi connectivity index (χ3v) is 4.91. The molecule has 0 aliphatic carbocycles. The summed E-state index contributed by atoms with van der Waals surface area (Å²) in [5, 5.41) is 1.45. The van der Waals surface area contributed by atoms with Gasteiger partial charge in [0.15, 0.2) is 0 Å². The topological polar surface area (TPSA) is 87.2 Å². The highest BCUT2D eigenvalue weighted by atomic mass is 79.9. The Morgan fingerprint density at radius 3 is 2.74 bits per heavy atom. The van der Waals surface area contributed by atoms with E-state index in [0.29, 0.717) is 22.1 Å². The molecule has 0 unspecified atom stereocenters. The van der Waals surface area contributed by atoms with E-state index < -0.39 is 11.5 Å². The Balaban J connectivity index is 2.24. The zero-order valence-electron chi connectivity index (χ0n) is 14.3. The van der Waals surface area contributed by atoms with Crippen molar-refractivity contribution in [2.24, 2.45) is 0 Å². The minimum Gasteiger partial charge on any atom is -0.465 e. The van der Waals surface area contributed by atoms with Crippen LogP contribution in [0.15, 0.2) is 64.0 Å². The number of anilines is 1. The molecule has 0 saturated heterocycles. The monoisotopic (exact) mass is 423 g/mol. The Hall–Kier alpha value is -3.19. The van der Waals surface area contributed by atoms with Crippen molar-refractivity contribution in [3.8, 4) is 5.69 Å². The third-order valence-electron chi connectivity index (χ3n) is 4.42. The van der Waals surface area contributed by atoms with Gasteiger partial charge in [0.2, 0.25) is 0 Å². The number of aromatic nitrogens is 2. The first-order chi connectivity index (χ1) is 13.0. The number of para-hydroxylation sites is 1. The molecule has 134 valence electrons. The van der Waals surface area contributed by atoms with Crippen molar-refractivity contribution in [1.29, 1.82) is 0 Å². The van der Waals surface area contributed by atoms with E-state index in [9.17, 15) is 9.59 Å². The molecular formula is C20H14BrN3O3. The first-order valence-electron chi connectivity index (χ1n) is 8.09. The van der Waals surface area contributed by atoms with Crippen LogP contribution in [0.4, 0.5) is 5.69 Å². The molecule has 0 saturated carbocycles. The highest BCUT2D eigenvalue weighted by Crippen LogP contribution is 2.29. The van der Waals surface area contributed by atoms with Crippen LogP contribution in [-0.4, -0.2) is 22.6 Å². The molecule has 0 amide bonds. The summed E-state index contributed by atoms with van der Waals surface area (Å²) < 4.78 is 7.03. The van der Waals surface area contributed by atoms with E-state index in [2.05, 4.69) is 20.9 Å². The molecule has 0 atom stereocenters. The van der Waals surface area contributed by atoms with Gasteiger partial charge in [-0.2, -0.15) is 0 Å². The number of nitrogens with two attached hydrogens (primary N) is 1. The predicted octanol–water partition coefficient (Wildman–Crippen LogP) is 3.67. The van der Waals surface area contributed by atoms with Crippen molar-refractivity contribution in [3.05, 3.63) is 75.1 Å². The number of carbonyl (C=O) groups is 1. The standard InChI is InChI=1S/C20H14BrN3O3/c1-27-20(26)16-17(22)13-8-7-12(21)10-15(13)24(19(16)25)14-6-2-4-11-5-3-9-23-18(11)14/h2-10H,22H2,1H3. The fraction of sp³-hybridized carbons (Fsp3) is 0.0500. The molecule has 0 aliphatic heterocycles. The highest BCUT2D eigenvalue weighted by molar-refractivity contribution is 9.10. The van der Waals surface area contributed by atoms with Crippen LogP contribution in [0.1, 0.15) is 10.4 Å². The lowest BCUT2D eigenvalue weighted by Crippen LogP contribution is -2.28. The van der Waals surface area contributed by atoms with Gasteiger partial charge in [0, 0.05) is 21.4 Å². The van der Waals surface area contributed by atoms with Crippen LogP contribution in [0.5, 0.6) is 0 Å². The molecular weight excluding hydrogens is 410 g/mol. The molecule has 0 fully saturated rings. The second kappa shape index (κ2) is 6.51. The largest absolute Gasteiger partial charge is 0.465 e. The van der Waals surface area contributed by atoms with Gasteiger partial charge in [-0.1, -0.05) is 34.1 Å². The Bertz CT molecular complexity index is 1280. The van der Waals surface area contributed by atoms with Crippen LogP contribution in [0.3, 0.4) is 0 Å². The Kier molecular flexibility index (Phi) is 4.16. The van der Waals surface area contributed by atoms with Crippen molar-refractivity contribution in [3.63, 3.8) is 0 Å². The lowest BCUT2D eigenvalue weighted by molar-refractivity contribution is 0.0600. The van der Waals surface area contributed by atoms with Gasteiger partial charge in [-0.3, -0.25) is 14.3 Å². The van der Waals surface area contributed by atoms with Gasteiger partial charge in [0.25, 0.3) is 5.56 Å². The van der Waals surface area contributed by atoms with Crippen molar-refractivity contribution in [2.75, 3.05) is 12.8 Å². The number of esters is 1. The SMILES string of the molecule is COC(=O)c1c(N)c2ccc(Br)cc2n(-c2cccc3cccnc23)c1=O. The Labute approximate surface area is 162 Å². The Morgan fingerprint density at radius 1 is 1.19 bits per heavy atom. The lowest BCUT2D eigenvalue weighted by Gasteiger charge is -2.16. The van der Waals surface area contributed by atoms with Crippen LogP contribution in [0.25, 0.3) is 27.5 Å². The minimum absolute atomic E-state index is 0.0961. The van der Waals surface area contributed by atoms with Gasteiger partial charge >= 0.3 is 5.97 Å². The van der Waals surface area contributed by atoms with Gasteiger partial charge in [-0.25, -0.2) is 4.79 Å². The van der Waals surface area contributed by atoms with Gasteiger partial charge < -0.3 is 10.5 Å². The highest BCUT2D eigenvalue weighted by Gasteiger charge is 2.23. The molecule has 0 spiro atoms. The first-order valence-corrected chi connectivity index (χ1v) is 8.88. The van der Waals surface area contributed by atoms with Crippen molar-refractivity contribution in [1.82, 2.24) is 9.55 Å². The number of nitrogens with zero attached hydrogens (tertiary/aromatic N) is 2. The summed E-state index contributed by atoms with van der Waals surface area (Å²) in [5.41, 5.74) is 7.28. The third kappa shape index (κ3) is 2.67. The fourth-order valence-electron chi connectivity index (χ4n) is 3.20. The fourth-order valence-corrected chi connectivity index (χ4v) is 3.54. The second-order valence-electron chi connectivity index (χ2n) is 5.93. The number of rotatable bonds is 2. The lowest BCUT2D eigenvalue weighted by atomic mass is 10.1. The zero-order valence-corrected chi connectivity index (χ0v) is 15.9. The van der Waals surface area contributed by atoms with E-state index in [1.165, 1.54) is 11.7 Å². The number of pyridine rings is 2. The molecule has 0 aliphatic rings. The molecule has 6 nitrogen and oxygen atoms in total. The van der Waals surface area contributed by atoms with Crippen molar-refractivity contribution in [2.45, 2.75) is 0 Å². The predicted molar refractivity (Wildman–Crippen MR) is 108 cm³/mol. The molecule has 7 heteroatoms.